The summed E-state index contributed by atoms with van der Waals surface area (Å²) in [6.07, 6.45) is 2.61. The van der Waals surface area contributed by atoms with Crippen LogP contribution in [0.1, 0.15) is 5.56 Å². The van der Waals surface area contributed by atoms with Crippen LogP contribution in [0.25, 0.3) is 0 Å². The molecule has 0 saturated carbocycles. The second kappa shape index (κ2) is 6.73. The summed E-state index contributed by atoms with van der Waals surface area (Å²) in [7, 11) is 0. The quantitative estimate of drug-likeness (QED) is 0.519. The summed E-state index contributed by atoms with van der Waals surface area (Å²) in [4.78, 5) is 8.34. The summed E-state index contributed by atoms with van der Waals surface area (Å²) in [6.45, 7) is 0.657. The first-order valence-electron chi connectivity index (χ1n) is 5.74. The van der Waals surface area contributed by atoms with Crippen LogP contribution in [-0.4, -0.2) is 22.8 Å². The van der Waals surface area contributed by atoms with E-state index in [4.69, 9.17) is 11.6 Å². The number of rotatable bonds is 5. The van der Waals surface area contributed by atoms with E-state index >= 15 is 0 Å². The van der Waals surface area contributed by atoms with Crippen molar-refractivity contribution in [1.29, 1.82) is 0 Å². The molecule has 3 nitrogen and oxygen atoms in total. The van der Waals surface area contributed by atoms with Gasteiger partial charge in [-0.05, 0) is 30.4 Å². The first-order valence-corrected chi connectivity index (χ1v) is 7.34. The molecule has 1 heterocycles. The third-order valence-electron chi connectivity index (χ3n) is 2.47. The van der Waals surface area contributed by atoms with Crippen molar-refractivity contribution < 1.29 is 4.39 Å². The molecule has 0 fully saturated rings. The van der Waals surface area contributed by atoms with E-state index in [1.54, 1.807) is 12.1 Å². The second-order valence-electron chi connectivity index (χ2n) is 3.87. The molecule has 0 unspecified atom stereocenters. The first-order chi connectivity index (χ1) is 9.17. The number of benzene rings is 1. The van der Waals surface area contributed by atoms with Gasteiger partial charge >= 0.3 is 0 Å². The number of hydrogen-bond donors (Lipinski definition) is 1. The Morgan fingerprint density at radius 3 is 2.89 bits per heavy atom. The molecule has 2 aromatic rings. The maximum atomic E-state index is 13.0. The Bertz CT molecular complexity index is 565. The normalized spacial score (nSPS) is 10.5. The monoisotopic (exact) mass is 297 g/mol. The van der Waals surface area contributed by atoms with E-state index in [-0.39, 0.29) is 5.82 Å². The zero-order chi connectivity index (χ0) is 13.7. The maximum absolute atomic E-state index is 13.0. The van der Waals surface area contributed by atoms with Gasteiger partial charge in [0.25, 0.3) is 0 Å². The van der Waals surface area contributed by atoms with Crippen molar-refractivity contribution in [1.82, 2.24) is 9.97 Å². The Labute approximate surface area is 120 Å². The Kier molecular flexibility index (Phi) is 4.99. The SMILES string of the molecule is CSc1nc(Cl)cc(NCCc2cccc(F)c2)n1. The molecule has 0 saturated heterocycles. The van der Waals surface area contributed by atoms with E-state index in [2.05, 4.69) is 15.3 Å². The van der Waals surface area contributed by atoms with Gasteiger partial charge in [-0.1, -0.05) is 35.5 Å². The summed E-state index contributed by atoms with van der Waals surface area (Å²) in [5.41, 5.74) is 0.942. The zero-order valence-corrected chi connectivity index (χ0v) is 11.9. The van der Waals surface area contributed by atoms with Crippen LogP contribution in [0.4, 0.5) is 10.2 Å². The maximum Gasteiger partial charge on any atom is 0.190 e. The predicted molar refractivity (Wildman–Crippen MR) is 77.4 cm³/mol. The van der Waals surface area contributed by atoms with Gasteiger partial charge in [-0.2, -0.15) is 0 Å². The second-order valence-corrected chi connectivity index (χ2v) is 5.03. The van der Waals surface area contributed by atoms with E-state index in [1.807, 2.05) is 12.3 Å². The minimum atomic E-state index is -0.216. The lowest BCUT2D eigenvalue weighted by Gasteiger charge is -2.07. The highest BCUT2D eigenvalue weighted by Crippen LogP contribution is 2.17. The number of hydrogen-bond acceptors (Lipinski definition) is 4. The van der Waals surface area contributed by atoms with Crippen LogP contribution in [0.3, 0.4) is 0 Å². The van der Waals surface area contributed by atoms with Crippen molar-refractivity contribution in [3.05, 3.63) is 46.9 Å². The molecule has 0 aliphatic carbocycles. The molecule has 6 heteroatoms. The third kappa shape index (κ3) is 4.36. The summed E-state index contributed by atoms with van der Waals surface area (Å²) in [5, 5.41) is 4.19. The highest BCUT2D eigenvalue weighted by atomic mass is 35.5. The molecule has 1 N–H and O–H groups in total. The average Bonchev–Trinajstić information content (AvgIpc) is 2.38. The Balaban J connectivity index is 1.94. The van der Waals surface area contributed by atoms with Crippen molar-refractivity contribution >= 4 is 29.2 Å². The Morgan fingerprint density at radius 2 is 2.16 bits per heavy atom. The molecule has 0 aliphatic rings. The van der Waals surface area contributed by atoms with Crippen molar-refractivity contribution in [3.8, 4) is 0 Å². The fraction of sp³-hybridized carbons (Fsp3) is 0.231. The van der Waals surface area contributed by atoms with Crippen LogP contribution < -0.4 is 5.32 Å². The number of halogens is 2. The third-order valence-corrected chi connectivity index (χ3v) is 3.21. The van der Waals surface area contributed by atoms with Crippen molar-refractivity contribution in [2.45, 2.75) is 11.6 Å². The van der Waals surface area contributed by atoms with E-state index in [0.29, 0.717) is 29.1 Å². The average molecular weight is 298 g/mol. The van der Waals surface area contributed by atoms with Gasteiger partial charge in [0.15, 0.2) is 5.16 Å². The molecule has 100 valence electrons. The molecule has 0 amide bonds. The molecule has 1 aromatic heterocycles. The van der Waals surface area contributed by atoms with Gasteiger partial charge in [-0.15, -0.1) is 0 Å². The molecule has 0 spiro atoms. The minimum Gasteiger partial charge on any atom is -0.370 e. The zero-order valence-electron chi connectivity index (χ0n) is 10.4. The minimum absolute atomic E-state index is 0.216. The fourth-order valence-electron chi connectivity index (χ4n) is 1.61. The highest BCUT2D eigenvalue weighted by molar-refractivity contribution is 7.98. The van der Waals surface area contributed by atoms with Crippen LogP contribution in [0.2, 0.25) is 5.15 Å². The highest BCUT2D eigenvalue weighted by Gasteiger charge is 2.02. The van der Waals surface area contributed by atoms with Crippen molar-refractivity contribution in [2.75, 3.05) is 18.1 Å². The Morgan fingerprint density at radius 1 is 1.32 bits per heavy atom. The van der Waals surface area contributed by atoms with E-state index < -0.39 is 0 Å². The van der Waals surface area contributed by atoms with Crippen molar-refractivity contribution in [3.63, 3.8) is 0 Å². The molecule has 0 atom stereocenters. The predicted octanol–water partition coefficient (Wildman–Crippen LogP) is 3.65. The molecule has 19 heavy (non-hydrogen) atoms. The summed E-state index contributed by atoms with van der Waals surface area (Å²) < 4.78 is 13.0. The molecular formula is C13H13ClFN3S. The van der Waals surface area contributed by atoms with E-state index in [0.717, 1.165) is 5.56 Å². The Hall–Kier alpha value is -1.33. The van der Waals surface area contributed by atoms with Gasteiger partial charge in [-0.25, -0.2) is 14.4 Å². The number of aromatic nitrogens is 2. The number of thioether (sulfide) groups is 1. The van der Waals surface area contributed by atoms with Gasteiger partial charge < -0.3 is 5.32 Å². The van der Waals surface area contributed by atoms with Gasteiger partial charge in [0.05, 0.1) is 0 Å². The van der Waals surface area contributed by atoms with Gasteiger partial charge in [0.1, 0.15) is 16.8 Å². The summed E-state index contributed by atoms with van der Waals surface area (Å²) >= 11 is 7.32. The lowest BCUT2D eigenvalue weighted by Crippen LogP contribution is -2.07. The molecular weight excluding hydrogens is 285 g/mol. The molecule has 1 aromatic carbocycles. The number of anilines is 1. The van der Waals surface area contributed by atoms with Crippen LogP contribution in [-0.2, 0) is 6.42 Å². The van der Waals surface area contributed by atoms with Crippen LogP contribution in [0, 0.1) is 5.82 Å². The topological polar surface area (TPSA) is 37.8 Å². The molecule has 0 radical (unpaired) electrons. The molecule has 0 aliphatic heterocycles. The number of nitrogens with one attached hydrogen (secondary N) is 1. The van der Waals surface area contributed by atoms with Crippen molar-refractivity contribution in [2.24, 2.45) is 0 Å². The van der Waals surface area contributed by atoms with E-state index in [9.17, 15) is 4.39 Å². The summed E-state index contributed by atoms with van der Waals surface area (Å²) in [5.74, 6) is 0.466. The van der Waals surface area contributed by atoms with Gasteiger partial charge in [0.2, 0.25) is 0 Å². The summed E-state index contributed by atoms with van der Waals surface area (Å²) in [6, 6.07) is 8.24. The lowest BCUT2D eigenvalue weighted by molar-refractivity contribution is 0.625. The van der Waals surface area contributed by atoms with Crippen LogP contribution >= 0.6 is 23.4 Å². The van der Waals surface area contributed by atoms with E-state index in [1.165, 1.54) is 23.9 Å². The fourth-order valence-corrected chi connectivity index (χ4v) is 2.22. The lowest BCUT2D eigenvalue weighted by atomic mass is 10.1. The van der Waals surface area contributed by atoms with Gasteiger partial charge in [-0.3, -0.25) is 0 Å². The van der Waals surface area contributed by atoms with Crippen LogP contribution in [0.15, 0.2) is 35.5 Å². The molecule has 2 rings (SSSR count). The largest absolute Gasteiger partial charge is 0.370 e. The smallest absolute Gasteiger partial charge is 0.190 e. The molecule has 0 bridgehead atoms. The van der Waals surface area contributed by atoms with Crippen LogP contribution in [0.5, 0.6) is 0 Å². The first kappa shape index (κ1) is 14.1. The standard InChI is InChI=1S/C13H13ClFN3S/c1-19-13-17-11(14)8-12(18-13)16-6-5-9-3-2-4-10(15)7-9/h2-4,7-8H,5-6H2,1H3,(H,16,17,18). The number of nitrogens with zero attached hydrogens (tertiary/aromatic N) is 2. The van der Waals surface area contributed by atoms with Gasteiger partial charge in [0, 0.05) is 12.6 Å².